The summed E-state index contributed by atoms with van der Waals surface area (Å²) in [5.41, 5.74) is 0.885. The van der Waals surface area contributed by atoms with E-state index in [-0.39, 0.29) is 11.8 Å². The van der Waals surface area contributed by atoms with Crippen LogP contribution in [-0.2, 0) is 6.54 Å². The first-order valence-electron chi connectivity index (χ1n) is 5.16. The number of hydrogen-bond donors (Lipinski definition) is 2. The Balaban J connectivity index is 1.90. The lowest BCUT2D eigenvalue weighted by Gasteiger charge is -2.10. The van der Waals surface area contributed by atoms with Crippen molar-refractivity contribution in [2.24, 2.45) is 0 Å². The highest BCUT2D eigenvalue weighted by Crippen LogP contribution is 2.13. The third-order valence-corrected chi connectivity index (χ3v) is 2.37. The number of pyridine rings is 1. The van der Waals surface area contributed by atoms with Crippen molar-refractivity contribution >= 4 is 0 Å². The summed E-state index contributed by atoms with van der Waals surface area (Å²) in [5, 5.41) is 12.4. The third kappa shape index (κ3) is 2.61. The van der Waals surface area contributed by atoms with Gasteiger partial charge in [-0.1, -0.05) is 0 Å². The maximum absolute atomic E-state index is 9.09. The third-order valence-electron chi connectivity index (χ3n) is 2.37. The van der Waals surface area contributed by atoms with Crippen molar-refractivity contribution in [2.75, 3.05) is 0 Å². The minimum Gasteiger partial charge on any atom is -0.506 e. The first-order chi connectivity index (χ1) is 7.75. The molecular formula is C12H14N2O2. The molecule has 4 nitrogen and oxygen atoms in total. The van der Waals surface area contributed by atoms with Gasteiger partial charge in [-0.2, -0.15) is 0 Å². The zero-order valence-corrected chi connectivity index (χ0v) is 9.05. The van der Waals surface area contributed by atoms with Crippen LogP contribution in [0.25, 0.3) is 0 Å². The van der Waals surface area contributed by atoms with Crippen LogP contribution in [0.5, 0.6) is 5.75 Å². The molecule has 0 spiro atoms. The molecule has 2 rings (SSSR count). The normalized spacial score (nSPS) is 12.6. The minimum absolute atomic E-state index is 0.144. The summed E-state index contributed by atoms with van der Waals surface area (Å²) in [4.78, 5) is 4.09. The maximum Gasteiger partial charge on any atom is 0.133 e. The first kappa shape index (κ1) is 10.7. The van der Waals surface area contributed by atoms with Crippen LogP contribution in [0.3, 0.4) is 0 Å². The summed E-state index contributed by atoms with van der Waals surface area (Å²) in [6, 6.07) is 7.36. The Labute approximate surface area is 93.9 Å². The van der Waals surface area contributed by atoms with Gasteiger partial charge in [0.05, 0.1) is 24.2 Å². The second kappa shape index (κ2) is 4.81. The molecule has 2 aromatic heterocycles. The average Bonchev–Trinajstić information content (AvgIpc) is 2.81. The Hall–Kier alpha value is -1.81. The van der Waals surface area contributed by atoms with E-state index in [4.69, 9.17) is 9.52 Å². The molecule has 1 atom stereocenters. The molecule has 0 radical (unpaired) electrons. The number of hydrogen-bond acceptors (Lipinski definition) is 4. The van der Waals surface area contributed by atoms with E-state index < -0.39 is 0 Å². The molecule has 2 N–H and O–H groups in total. The summed E-state index contributed by atoms with van der Waals surface area (Å²) < 4.78 is 5.28. The highest BCUT2D eigenvalue weighted by molar-refractivity contribution is 5.18. The summed E-state index contributed by atoms with van der Waals surface area (Å²) in [7, 11) is 0. The zero-order valence-electron chi connectivity index (χ0n) is 9.05. The molecule has 2 heterocycles. The van der Waals surface area contributed by atoms with Gasteiger partial charge in [-0.3, -0.25) is 4.98 Å². The van der Waals surface area contributed by atoms with Crippen molar-refractivity contribution in [3.8, 4) is 5.75 Å². The van der Waals surface area contributed by atoms with Crippen LogP contribution in [0.4, 0.5) is 0 Å². The second-order valence-corrected chi connectivity index (χ2v) is 3.63. The predicted molar refractivity (Wildman–Crippen MR) is 59.9 cm³/mol. The van der Waals surface area contributed by atoms with Crippen molar-refractivity contribution in [2.45, 2.75) is 19.5 Å². The van der Waals surface area contributed by atoms with E-state index in [1.165, 1.54) is 6.20 Å². The van der Waals surface area contributed by atoms with Crippen molar-refractivity contribution in [1.29, 1.82) is 0 Å². The summed E-state index contributed by atoms with van der Waals surface area (Å²) in [6.45, 7) is 2.67. The van der Waals surface area contributed by atoms with Gasteiger partial charge in [-0.05, 0) is 31.2 Å². The van der Waals surface area contributed by atoms with Gasteiger partial charge in [0.1, 0.15) is 11.5 Å². The largest absolute Gasteiger partial charge is 0.506 e. The van der Waals surface area contributed by atoms with Crippen LogP contribution in [0.2, 0.25) is 0 Å². The fourth-order valence-corrected chi connectivity index (χ4v) is 1.42. The number of rotatable bonds is 4. The predicted octanol–water partition coefficient (Wildman–Crippen LogP) is 2.23. The Morgan fingerprint density at radius 3 is 2.94 bits per heavy atom. The molecule has 0 fully saturated rings. The molecule has 0 aliphatic carbocycles. The van der Waals surface area contributed by atoms with Gasteiger partial charge < -0.3 is 14.8 Å². The zero-order chi connectivity index (χ0) is 11.4. The van der Waals surface area contributed by atoms with E-state index in [0.717, 1.165) is 11.5 Å². The van der Waals surface area contributed by atoms with E-state index in [9.17, 15) is 0 Å². The van der Waals surface area contributed by atoms with Crippen LogP contribution in [0.1, 0.15) is 24.4 Å². The molecule has 0 saturated heterocycles. The number of aromatic nitrogens is 1. The van der Waals surface area contributed by atoms with Crippen molar-refractivity contribution in [3.05, 3.63) is 48.2 Å². The van der Waals surface area contributed by atoms with Crippen LogP contribution in [0, 0.1) is 0 Å². The van der Waals surface area contributed by atoms with Gasteiger partial charge in [-0.15, -0.1) is 0 Å². The van der Waals surface area contributed by atoms with Gasteiger partial charge in [0.2, 0.25) is 0 Å². The van der Waals surface area contributed by atoms with Crippen molar-refractivity contribution in [3.63, 3.8) is 0 Å². The fourth-order valence-electron chi connectivity index (χ4n) is 1.42. The molecule has 0 bridgehead atoms. The number of aromatic hydroxyl groups is 1. The van der Waals surface area contributed by atoms with E-state index in [1.807, 2.05) is 19.1 Å². The Kier molecular flexibility index (Phi) is 3.22. The van der Waals surface area contributed by atoms with Crippen molar-refractivity contribution < 1.29 is 9.52 Å². The Bertz CT molecular complexity index is 423. The molecule has 0 aromatic carbocycles. The van der Waals surface area contributed by atoms with Crippen LogP contribution < -0.4 is 5.32 Å². The Morgan fingerprint density at radius 2 is 2.31 bits per heavy atom. The molecule has 0 amide bonds. The van der Waals surface area contributed by atoms with Crippen molar-refractivity contribution in [1.82, 2.24) is 10.3 Å². The van der Waals surface area contributed by atoms with E-state index in [0.29, 0.717) is 6.54 Å². The van der Waals surface area contributed by atoms with E-state index >= 15 is 0 Å². The topological polar surface area (TPSA) is 58.3 Å². The molecule has 0 unspecified atom stereocenters. The lowest BCUT2D eigenvalue weighted by Crippen LogP contribution is -2.18. The average molecular weight is 218 g/mol. The molecule has 4 heteroatoms. The number of nitrogens with zero attached hydrogens (tertiary/aromatic N) is 1. The van der Waals surface area contributed by atoms with Gasteiger partial charge >= 0.3 is 0 Å². The summed E-state index contributed by atoms with van der Waals surface area (Å²) in [5.74, 6) is 1.08. The quantitative estimate of drug-likeness (QED) is 0.826. The van der Waals surface area contributed by atoms with Gasteiger partial charge in [0, 0.05) is 6.54 Å². The smallest absolute Gasteiger partial charge is 0.133 e. The molecule has 0 aliphatic rings. The lowest BCUT2D eigenvalue weighted by molar-refractivity contribution is 0.428. The highest BCUT2D eigenvalue weighted by Gasteiger charge is 2.07. The van der Waals surface area contributed by atoms with Gasteiger partial charge in [0.15, 0.2) is 0 Å². The monoisotopic (exact) mass is 218 g/mol. The SMILES string of the molecule is C[C@H](NCc1ccc(O)cn1)c1ccco1. The minimum atomic E-state index is 0.144. The second-order valence-electron chi connectivity index (χ2n) is 3.63. The highest BCUT2D eigenvalue weighted by atomic mass is 16.3. The van der Waals surface area contributed by atoms with E-state index in [2.05, 4.69) is 10.3 Å². The van der Waals surface area contributed by atoms with Crippen LogP contribution in [0.15, 0.2) is 41.1 Å². The van der Waals surface area contributed by atoms with E-state index in [1.54, 1.807) is 18.4 Å². The summed E-state index contributed by atoms with van der Waals surface area (Å²) >= 11 is 0. The van der Waals surface area contributed by atoms with Gasteiger partial charge in [0.25, 0.3) is 0 Å². The molecule has 0 saturated carbocycles. The Morgan fingerprint density at radius 1 is 1.44 bits per heavy atom. The van der Waals surface area contributed by atoms with Gasteiger partial charge in [-0.25, -0.2) is 0 Å². The summed E-state index contributed by atoms with van der Waals surface area (Å²) in [6.07, 6.45) is 3.10. The van der Waals surface area contributed by atoms with Crippen LogP contribution >= 0.6 is 0 Å². The number of furan rings is 1. The first-order valence-corrected chi connectivity index (χ1v) is 5.16. The molecular weight excluding hydrogens is 204 g/mol. The van der Waals surface area contributed by atoms with Crippen LogP contribution in [-0.4, -0.2) is 10.1 Å². The molecule has 2 aromatic rings. The maximum atomic E-state index is 9.09. The fraction of sp³-hybridized carbons (Fsp3) is 0.250. The molecule has 16 heavy (non-hydrogen) atoms. The number of nitrogens with one attached hydrogen (secondary N) is 1. The lowest BCUT2D eigenvalue weighted by atomic mass is 10.2. The molecule has 84 valence electrons. The standard InChI is InChI=1S/C12H14N2O2/c1-9(12-3-2-6-16-12)13-7-10-4-5-11(15)8-14-10/h2-6,8-9,13,15H,7H2,1H3/t9-/m0/s1. The molecule has 0 aliphatic heterocycles.